The fourth-order valence-electron chi connectivity index (χ4n) is 3.84. The van der Waals surface area contributed by atoms with Crippen molar-refractivity contribution < 1.29 is 4.79 Å². The summed E-state index contributed by atoms with van der Waals surface area (Å²) < 4.78 is 0. The third kappa shape index (κ3) is 3.46. The third-order valence-corrected chi connectivity index (χ3v) is 6.39. The number of thioether (sulfide) groups is 1. The van der Waals surface area contributed by atoms with Crippen LogP contribution in [-0.2, 0) is 4.79 Å². The Morgan fingerprint density at radius 3 is 2.89 bits per heavy atom. The molecule has 3 rings (SSSR count). The van der Waals surface area contributed by atoms with Crippen LogP contribution in [0.4, 0.5) is 0 Å². The van der Waals surface area contributed by atoms with E-state index in [9.17, 15) is 4.79 Å². The first-order valence-electron chi connectivity index (χ1n) is 7.87. The lowest BCUT2D eigenvalue weighted by Crippen LogP contribution is -2.30. The van der Waals surface area contributed by atoms with Gasteiger partial charge in [0.2, 0.25) is 5.91 Å². The standard InChI is InChI=1S/C15H26N2OS/c18-14-10-15(11-16-14)6-7-17(12-15)8-9-19-13-4-2-1-3-5-13/h13H,1-12H2,(H,16,18)/t15-/m1/s1. The number of carbonyl (C=O) groups is 1. The highest BCUT2D eigenvalue weighted by Gasteiger charge is 2.43. The van der Waals surface area contributed by atoms with Crippen molar-refractivity contribution in [3.05, 3.63) is 0 Å². The zero-order chi connectivity index (χ0) is 13.1. The van der Waals surface area contributed by atoms with Crippen molar-refractivity contribution >= 4 is 17.7 Å². The van der Waals surface area contributed by atoms with Crippen LogP contribution in [0.2, 0.25) is 0 Å². The Bertz CT molecular complexity index is 330. The monoisotopic (exact) mass is 282 g/mol. The summed E-state index contributed by atoms with van der Waals surface area (Å²) in [5.41, 5.74) is 0.284. The molecule has 3 fully saturated rings. The molecule has 1 atom stereocenters. The Hall–Kier alpha value is -0.220. The number of nitrogens with zero attached hydrogens (tertiary/aromatic N) is 1. The molecule has 3 nitrogen and oxygen atoms in total. The normalized spacial score (nSPS) is 33.2. The molecule has 108 valence electrons. The molecule has 2 aliphatic heterocycles. The Balaban J connectivity index is 1.36. The predicted molar refractivity (Wildman–Crippen MR) is 80.4 cm³/mol. The molecular weight excluding hydrogens is 256 g/mol. The maximum absolute atomic E-state index is 11.4. The summed E-state index contributed by atoms with van der Waals surface area (Å²) in [5.74, 6) is 1.54. The molecule has 4 heteroatoms. The first kappa shape index (κ1) is 13.7. The molecule has 1 amide bonds. The molecule has 0 bridgehead atoms. The van der Waals surface area contributed by atoms with E-state index in [-0.39, 0.29) is 11.3 Å². The Labute approximate surface area is 120 Å². The van der Waals surface area contributed by atoms with Gasteiger partial charge in [-0.05, 0) is 25.8 Å². The van der Waals surface area contributed by atoms with Crippen LogP contribution >= 0.6 is 11.8 Å². The average Bonchev–Trinajstić information content (AvgIpc) is 2.98. The third-order valence-electron chi connectivity index (χ3n) is 5.03. The zero-order valence-corrected chi connectivity index (χ0v) is 12.6. The number of amides is 1. The number of nitrogens with one attached hydrogen (secondary N) is 1. The number of hydrogen-bond donors (Lipinski definition) is 1. The van der Waals surface area contributed by atoms with E-state index in [0.29, 0.717) is 0 Å². The summed E-state index contributed by atoms with van der Waals surface area (Å²) in [5, 5.41) is 3.94. The molecule has 0 aromatic heterocycles. The molecule has 1 N–H and O–H groups in total. The van der Waals surface area contributed by atoms with E-state index in [2.05, 4.69) is 22.0 Å². The minimum atomic E-state index is 0.262. The maximum atomic E-state index is 11.4. The Kier molecular flexibility index (Phi) is 4.37. The molecule has 1 spiro atoms. The van der Waals surface area contributed by atoms with Crippen molar-refractivity contribution in [2.24, 2.45) is 5.41 Å². The summed E-state index contributed by atoms with van der Waals surface area (Å²) in [6.45, 7) is 4.46. The van der Waals surface area contributed by atoms with Gasteiger partial charge in [-0.15, -0.1) is 0 Å². The van der Waals surface area contributed by atoms with E-state index in [4.69, 9.17) is 0 Å². The van der Waals surface area contributed by atoms with Crippen LogP contribution < -0.4 is 5.32 Å². The molecule has 0 radical (unpaired) electrons. The van der Waals surface area contributed by atoms with Gasteiger partial charge < -0.3 is 10.2 Å². The highest BCUT2D eigenvalue weighted by Crippen LogP contribution is 2.36. The van der Waals surface area contributed by atoms with Gasteiger partial charge in [0.15, 0.2) is 0 Å². The van der Waals surface area contributed by atoms with Crippen LogP contribution in [0.3, 0.4) is 0 Å². The van der Waals surface area contributed by atoms with Gasteiger partial charge in [-0.3, -0.25) is 4.79 Å². The minimum absolute atomic E-state index is 0.262. The summed E-state index contributed by atoms with van der Waals surface area (Å²) >= 11 is 2.19. The van der Waals surface area contributed by atoms with Gasteiger partial charge in [0.25, 0.3) is 0 Å². The maximum Gasteiger partial charge on any atom is 0.220 e. The van der Waals surface area contributed by atoms with Crippen LogP contribution in [0.15, 0.2) is 0 Å². The second kappa shape index (κ2) is 6.04. The number of carbonyl (C=O) groups excluding carboxylic acids is 1. The van der Waals surface area contributed by atoms with E-state index >= 15 is 0 Å². The van der Waals surface area contributed by atoms with Crippen molar-refractivity contribution in [2.45, 2.75) is 50.2 Å². The van der Waals surface area contributed by atoms with E-state index in [1.54, 1.807) is 0 Å². The summed E-state index contributed by atoms with van der Waals surface area (Å²) in [7, 11) is 0. The quantitative estimate of drug-likeness (QED) is 0.858. The SMILES string of the molecule is O=C1C[C@]2(CCN(CCSC3CCCCC3)C2)CN1. The van der Waals surface area contributed by atoms with Crippen molar-refractivity contribution in [3.63, 3.8) is 0 Å². The number of likely N-dealkylation sites (tertiary alicyclic amines) is 1. The Morgan fingerprint density at radius 2 is 2.16 bits per heavy atom. The molecule has 1 aliphatic carbocycles. The largest absolute Gasteiger partial charge is 0.355 e. The summed E-state index contributed by atoms with van der Waals surface area (Å²) in [4.78, 5) is 14.0. The van der Waals surface area contributed by atoms with Crippen molar-refractivity contribution in [1.82, 2.24) is 10.2 Å². The topological polar surface area (TPSA) is 32.3 Å². The lowest BCUT2D eigenvalue weighted by atomic mass is 9.86. The molecule has 0 unspecified atom stereocenters. The van der Waals surface area contributed by atoms with Crippen LogP contribution in [0, 0.1) is 5.41 Å². The van der Waals surface area contributed by atoms with Crippen molar-refractivity contribution in [3.8, 4) is 0 Å². The lowest BCUT2D eigenvalue weighted by Gasteiger charge is -2.24. The smallest absolute Gasteiger partial charge is 0.220 e. The van der Waals surface area contributed by atoms with E-state index in [1.807, 2.05) is 0 Å². The highest BCUT2D eigenvalue weighted by atomic mass is 32.2. The van der Waals surface area contributed by atoms with Gasteiger partial charge in [-0.1, -0.05) is 19.3 Å². The van der Waals surface area contributed by atoms with Crippen LogP contribution in [0.1, 0.15) is 44.9 Å². The first-order valence-corrected chi connectivity index (χ1v) is 8.91. The zero-order valence-electron chi connectivity index (χ0n) is 11.8. The van der Waals surface area contributed by atoms with Gasteiger partial charge in [-0.2, -0.15) is 11.8 Å². The molecule has 0 aromatic rings. The molecule has 0 aromatic carbocycles. The fraction of sp³-hybridized carbons (Fsp3) is 0.933. The molecule has 19 heavy (non-hydrogen) atoms. The van der Waals surface area contributed by atoms with Gasteiger partial charge in [0.05, 0.1) is 0 Å². The van der Waals surface area contributed by atoms with Gasteiger partial charge >= 0.3 is 0 Å². The van der Waals surface area contributed by atoms with Gasteiger partial charge in [0, 0.05) is 42.5 Å². The molecular formula is C15H26N2OS. The van der Waals surface area contributed by atoms with Crippen LogP contribution in [0.25, 0.3) is 0 Å². The lowest BCUT2D eigenvalue weighted by molar-refractivity contribution is -0.119. The second-order valence-electron chi connectivity index (χ2n) is 6.61. The van der Waals surface area contributed by atoms with E-state index in [0.717, 1.165) is 24.8 Å². The van der Waals surface area contributed by atoms with Crippen LogP contribution in [-0.4, -0.2) is 48.0 Å². The van der Waals surface area contributed by atoms with E-state index in [1.165, 1.54) is 57.4 Å². The van der Waals surface area contributed by atoms with Crippen LogP contribution in [0.5, 0.6) is 0 Å². The summed E-state index contributed by atoms with van der Waals surface area (Å²) in [6.07, 6.45) is 9.18. The Morgan fingerprint density at radius 1 is 1.32 bits per heavy atom. The van der Waals surface area contributed by atoms with Gasteiger partial charge in [-0.25, -0.2) is 0 Å². The number of rotatable bonds is 4. The minimum Gasteiger partial charge on any atom is -0.355 e. The molecule has 3 aliphatic rings. The summed E-state index contributed by atoms with van der Waals surface area (Å²) in [6, 6.07) is 0. The number of hydrogen-bond acceptors (Lipinski definition) is 3. The molecule has 2 heterocycles. The average molecular weight is 282 g/mol. The first-order chi connectivity index (χ1) is 9.26. The molecule has 1 saturated carbocycles. The predicted octanol–water partition coefficient (Wildman–Crippen LogP) is 2.26. The van der Waals surface area contributed by atoms with E-state index < -0.39 is 0 Å². The highest BCUT2D eigenvalue weighted by molar-refractivity contribution is 7.99. The fourth-order valence-corrected chi connectivity index (χ4v) is 5.20. The second-order valence-corrected chi connectivity index (χ2v) is 8.02. The van der Waals surface area contributed by atoms with Gasteiger partial charge in [0.1, 0.15) is 0 Å². The van der Waals surface area contributed by atoms with Crippen molar-refractivity contribution in [2.75, 3.05) is 31.9 Å². The van der Waals surface area contributed by atoms with Crippen molar-refractivity contribution in [1.29, 1.82) is 0 Å². The molecule has 2 saturated heterocycles.